The topological polar surface area (TPSA) is 117 Å². The normalized spacial score (nSPS) is 12.1. The minimum Gasteiger partial charge on any atom is -0.386 e. The molecule has 0 unspecified atom stereocenters. The lowest BCUT2D eigenvalue weighted by atomic mass is 10.0. The maximum absolute atomic E-state index is 13.6. The second-order valence-corrected chi connectivity index (χ2v) is 6.15. The molecule has 0 saturated heterocycles. The fourth-order valence-electron chi connectivity index (χ4n) is 2.78. The fraction of sp³-hybridized carbons (Fsp3) is 0.211. The van der Waals surface area contributed by atoms with E-state index in [1.165, 1.54) is 30.6 Å². The molecule has 0 fully saturated rings. The summed E-state index contributed by atoms with van der Waals surface area (Å²) in [6.45, 7) is 0.847. The summed E-state index contributed by atoms with van der Waals surface area (Å²) >= 11 is 0. The molecule has 1 amide bonds. The van der Waals surface area contributed by atoms with Crippen LogP contribution in [0.15, 0.2) is 47.8 Å². The summed E-state index contributed by atoms with van der Waals surface area (Å²) in [5.74, 6) is -1.22. The van der Waals surface area contributed by atoms with Crippen LogP contribution in [-0.4, -0.2) is 28.3 Å². The second-order valence-electron chi connectivity index (χ2n) is 6.15. The maximum atomic E-state index is 13.6. The van der Waals surface area contributed by atoms with Crippen molar-refractivity contribution >= 4 is 17.4 Å². The summed E-state index contributed by atoms with van der Waals surface area (Å²) < 4.78 is 39.3. The molecule has 0 radical (unpaired) electrons. The van der Waals surface area contributed by atoms with E-state index in [0.717, 1.165) is 6.07 Å². The first-order chi connectivity index (χ1) is 13.2. The molecule has 0 spiro atoms. The van der Waals surface area contributed by atoms with E-state index in [1.54, 1.807) is 12.1 Å². The second kappa shape index (κ2) is 9.25. The summed E-state index contributed by atoms with van der Waals surface area (Å²) in [4.78, 5) is 15.6. The molecule has 0 aliphatic carbocycles. The molecule has 0 saturated carbocycles. The molecular formula is C19H20F3N4O2+. The Hall–Kier alpha value is -3.04. The van der Waals surface area contributed by atoms with Crippen molar-refractivity contribution in [1.29, 1.82) is 5.41 Å². The van der Waals surface area contributed by atoms with Crippen molar-refractivity contribution in [2.75, 3.05) is 6.61 Å². The van der Waals surface area contributed by atoms with E-state index in [4.69, 9.17) is 11.1 Å². The van der Waals surface area contributed by atoms with Crippen LogP contribution in [0, 0.1) is 11.2 Å². The highest BCUT2D eigenvalue weighted by molar-refractivity contribution is 6.19. The number of amides is 1. The predicted molar refractivity (Wildman–Crippen MR) is 96.7 cm³/mol. The van der Waals surface area contributed by atoms with Gasteiger partial charge >= 0.3 is 0 Å². The van der Waals surface area contributed by atoms with Gasteiger partial charge in [-0.1, -0.05) is 0 Å². The number of halogens is 3. The third kappa shape index (κ3) is 5.48. The average molecular weight is 393 g/mol. The van der Waals surface area contributed by atoms with E-state index in [1.807, 2.05) is 0 Å². The lowest BCUT2D eigenvalue weighted by molar-refractivity contribution is -0.526. The van der Waals surface area contributed by atoms with Gasteiger partial charge < -0.3 is 16.2 Å². The third-order valence-corrected chi connectivity index (χ3v) is 3.92. The highest BCUT2D eigenvalue weighted by Gasteiger charge is 2.19. The third-order valence-electron chi connectivity index (χ3n) is 3.92. The van der Waals surface area contributed by atoms with Crippen molar-refractivity contribution in [1.82, 2.24) is 4.98 Å². The minimum absolute atomic E-state index is 0.0942. The number of pyridine rings is 1. The van der Waals surface area contributed by atoms with Gasteiger partial charge in [0.15, 0.2) is 5.70 Å². The number of nitrogens with one attached hydrogen (secondary N) is 1. The lowest BCUT2D eigenvalue weighted by Gasteiger charge is -2.09. The van der Waals surface area contributed by atoms with Crippen molar-refractivity contribution in [3.05, 3.63) is 70.3 Å². The molecule has 1 aromatic carbocycles. The molecule has 1 heterocycles. The molecule has 0 aliphatic heterocycles. The van der Waals surface area contributed by atoms with Crippen LogP contribution in [0.4, 0.5) is 19.0 Å². The van der Waals surface area contributed by atoms with Gasteiger partial charge in [0, 0.05) is 23.5 Å². The van der Waals surface area contributed by atoms with Crippen molar-refractivity contribution in [3.63, 3.8) is 0 Å². The molecular weight excluding hydrogens is 373 g/mol. The number of benzene rings is 1. The highest BCUT2D eigenvalue weighted by Crippen LogP contribution is 2.22. The van der Waals surface area contributed by atoms with Gasteiger partial charge in [-0.05, 0) is 48.7 Å². The van der Waals surface area contributed by atoms with E-state index >= 15 is 0 Å². The van der Waals surface area contributed by atoms with Gasteiger partial charge in [-0.3, -0.25) is 10.1 Å². The molecule has 6 nitrogen and oxygen atoms in total. The van der Waals surface area contributed by atoms with Crippen LogP contribution in [0.2, 0.25) is 0 Å². The Morgan fingerprint density at radius 1 is 1.29 bits per heavy atom. The van der Waals surface area contributed by atoms with Gasteiger partial charge in [-0.2, -0.15) is 0 Å². The summed E-state index contributed by atoms with van der Waals surface area (Å²) in [5.41, 5.74) is 5.84. The Morgan fingerprint density at radius 3 is 2.57 bits per heavy atom. The van der Waals surface area contributed by atoms with E-state index in [2.05, 4.69) is 4.98 Å². The molecule has 0 atom stereocenters. The fourth-order valence-corrected chi connectivity index (χ4v) is 2.78. The van der Waals surface area contributed by atoms with Crippen molar-refractivity contribution in [2.24, 2.45) is 5.73 Å². The summed E-state index contributed by atoms with van der Waals surface area (Å²) in [6, 6.07) is 6.46. The van der Waals surface area contributed by atoms with E-state index < -0.39 is 30.3 Å². The first-order valence-electron chi connectivity index (χ1n) is 8.27. The molecule has 148 valence electrons. The largest absolute Gasteiger partial charge is 0.386 e. The predicted octanol–water partition coefficient (Wildman–Crippen LogP) is 1.72. The van der Waals surface area contributed by atoms with Crippen LogP contribution in [0.25, 0.3) is 0 Å². The van der Waals surface area contributed by atoms with Gasteiger partial charge in [-0.15, -0.1) is 0 Å². The number of primary amides is 1. The number of rotatable bonds is 8. The van der Waals surface area contributed by atoms with E-state index in [0.29, 0.717) is 16.9 Å². The summed E-state index contributed by atoms with van der Waals surface area (Å²) in [7, 11) is 0. The number of hydrogen-bond donors (Lipinski definition) is 4. The lowest BCUT2D eigenvalue weighted by Crippen LogP contribution is -2.78. The van der Waals surface area contributed by atoms with Crippen LogP contribution in [-0.2, 0) is 11.2 Å². The van der Waals surface area contributed by atoms with Crippen molar-refractivity contribution in [2.45, 2.75) is 19.8 Å². The Labute approximate surface area is 159 Å². The van der Waals surface area contributed by atoms with Crippen LogP contribution >= 0.6 is 0 Å². The number of aliphatic hydroxyl groups is 1. The summed E-state index contributed by atoms with van der Waals surface area (Å²) in [5, 5.41) is 18.6. The molecule has 0 aliphatic rings. The zero-order chi connectivity index (χ0) is 20.8. The maximum Gasteiger partial charge on any atom is 0.263 e. The Bertz CT molecular complexity index is 913. The number of nitrogens with zero attached hydrogens (tertiary/aromatic N) is 1. The highest BCUT2D eigenvalue weighted by atomic mass is 19.3. The number of aliphatic hydroxyl groups excluding tert-OH is 1. The van der Waals surface area contributed by atoms with Crippen LogP contribution < -0.4 is 11.1 Å². The standard InChI is InChI=1S/C19H19F3N4O2/c1-10(23)17(19(24)28)15(9-27)26-16-7-11(2-3-25-16)4-12-5-13(18(21)22)8-14(20)6-12/h2-3,5-8,18,23,27H,4,9H2,1H3,(H2,24,28)(H,25,26)/p+1/b17-15+,23-10?. The quantitative estimate of drug-likeness (QED) is 0.404. The first kappa shape index (κ1) is 21.3. The zero-order valence-electron chi connectivity index (χ0n) is 15.0. The Kier molecular flexibility index (Phi) is 7.02. The molecule has 1 aromatic heterocycles. The summed E-state index contributed by atoms with van der Waals surface area (Å²) in [6.07, 6.45) is -1.12. The smallest absolute Gasteiger partial charge is 0.263 e. The Balaban J connectivity index is 2.31. The number of hydrogen-bond acceptors (Lipinski definition) is 4. The number of carbonyl (C=O) groups excluding carboxylic acids is 1. The molecule has 2 rings (SSSR count). The number of carbonyl (C=O) groups is 1. The molecule has 0 bridgehead atoms. The van der Waals surface area contributed by atoms with Gasteiger partial charge in [-0.25, -0.2) is 18.2 Å². The van der Waals surface area contributed by atoms with Gasteiger partial charge in [0.05, 0.1) is 0 Å². The zero-order valence-corrected chi connectivity index (χ0v) is 15.0. The average Bonchev–Trinajstić information content (AvgIpc) is 2.60. The van der Waals surface area contributed by atoms with E-state index in [-0.39, 0.29) is 23.4 Å². The van der Waals surface area contributed by atoms with Gasteiger partial charge in [0.1, 0.15) is 18.0 Å². The SMILES string of the molecule is CC(=N)/C(C(N)=O)=C(/CO)[NH2+]c1cc(Cc2cc(F)cc(C(F)F)c2)ccn1. The van der Waals surface area contributed by atoms with Crippen LogP contribution in [0.3, 0.4) is 0 Å². The molecule has 9 heteroatoms. The minimum atomic E-state index is -2.77. The van der Waals surface area contributed by atoms with Crippen LogP contribution in [0.5, 0.6) is 0 Å². The van der Waals surface area contributed by atoms with Crippen molar-refractivity contribution in [3.8, 4) is 0 Å². The van der Waals surface area contributed by atoms with Crippen molar-refractivity contribution < 1.29 is 28.4 Å². The van der Waals surface area contributed by atoms with Gasteiger partial charge in [0.2, 0.25) is 5.82 Å². The molecule has 28 heavy (non-hydrogen) atoms. The van der Waals surface area contributed by atoms with Gasteiger partial charge in [0.25, 0.3) is 12.3 Å². The molecule has 6 N–H and O–H groups in total. The number of aromatic nitrogens is 1. The number of quaternary nitrogens is 1. The first-order valence-corrected chi connectivity index (χ1v) is 8.27. The number of nitrogens with two attached hydrogens (primary N) is 2. The molecule has 2 aromatic rings. The van der Waals surface area contributed by atoms with E-state index in [9.17, 15) is 23.1 Å². The number of alkyl halides is 2. The Morgan fingerprint density at radius 2 is 2.00 bits per heavy atom. The van der Waals surface area contributed by atoms with Crippen LogP contribution in [0.1, 0.15) is 30.0 Å². The monoisotopic (exact) mass is 393 g/mol.